The number of anilines is 1. The molecule has 3 aromatic rings. The van der Waals surface area contributed by atoms with Gasteiger partial charge in [-0.05, 0) is 57.0 Å². The van der Waals surface area contributed by atoms with Crippen LogP contribution in [0.25, 0.3) is 16.9 Å². The third kappa shape index (κ3) is 3.44. The van der Waals surface area contributed by atoms with Gasteiger partial charge in [0.2, 0.25) is 0 Å². The molecule has 6 rings (SSSR count). The van der Waals surface area contributed by atoms with E-state index in [0.29, 0.717) is 23.0 Å². The molecule has 4 atom stereocenters. The Morgan fingerprint density at radius 2 is 2.00 bits per heavy atom. The summed E-state index contributed by atoms with van der Waals surface area (Å²) in [6.07, 6.45) is 4.68. The first-order chi connectivity index (χ1) is 14.9. The van der Waals surface area contributed by atoms with Crippen LogP contribution >= 0.6 is 0 Å². The number of aryl methyl sites for hydroxylation is 1. The van der Waals surface area contributed by atoms with Gasteiger partial charge in [0, 0.05) is 37.5 Å². The Morgan fingerprint density at radius 1 is 1.16 bits per heavy atom. The number of hydrogen-bond acceptors (Lipinski definition) is 6. The first-order valence-electron chi connectivity index (χ1n) is 10.7. The normalized spacial score (nSPS) is 25.7. The molecule has 0 spiro atoms. The second-order valence-electron chi connectivity index (χ2n) is 8.79. The predicted octanol–water partition coefficient (Wildman–Crippen LogP) is 3.21. The zero-order chi connectivity index (χ0) is 21.7. The van der Waals surface area contributed by atoms with E-state index in [-0.39, 0.29) is 17.8 Å². The molecule has 1 aliphatic carbocycles. The fraction of sp³-hybridized carbons (Fsp3) is 0.435. The molecule has 4 heterocycles. The molecule has 2 saturated heterocycles. The summed E-state index contributed by atoms with van der Waals surface area (Å²) < 4.78 is 17.0. The van der Waals surface area contributed by atoms with E-state index in [2.05, 4.69) is 20.1 Å². The lowest BCUT2D eigenvalue weighted by Crippen LogP contribution is -2.64. The highest BCUT2D eigenvalue weighted by atomic mass is 19.1. The van der Waals surface area contributed by atoms with Gasteiger partial charge >= 0.3 is 0 Å². The Labute approximate surface area is 181 Å². The number of aromatic hydroxyl groups is 1. The van der Waals surface area contributed by atoms with E-state index in [0.717, 1.165) is 30.8 Å². The molecule has 3 fully saturated rings. The molecule has 1 saturated carbocycles. The summed E-state index contributed by atoms with van der Waals surface area (Å²) in [5.74, 6) is 1.06. The number of piperidine rings is 2. The highest BCUT2D eigenvalue weighted by molar-refractivity contribution is 5.69. The molecule has 0 radical (unpaired) electrons. The first-order valence-corrected chi connectivity index (χ1v) is 10.7. The van der Waals surface area contributed by atoms with Crippen molar-refractivity contribution in [3.63, 3.8) is 0 Å². The number of alkyl halides is 1. The van der Waals surface area contributed by atoms with Crippen LogP contribution < -0.4 is 4.90 Å². The smallest absolute Gasteiger partial charge is 0.151 e. The van der Waals surface area contributed by atoms with Gasteiger partial charge in [0.1, 0.15) is 11.9 Å². The number of halogens is 1. The van der Waals surface area contributed by atoms with Crippen molar-refractivity contribution >= 4 is 5.82 Å². The van der Waals surface area contributed by atoms with Crippen molar-refractivity contribution in [2.75, 3.05) is 25.5 Å². The standard InChI is InChI=1S/C23H27FN6O/c1-14-11-30(13-25-14)16-5-6-17(20(31)10-16)18-7-9-21(27-26-18)29(3)23-15-4-8-19(22(23)24)28(2)12-15/h5-7,9-11,13,15,19,22-23,31H,4,8,12H2,1-3H3/t15-,19?,22?,23?/m0/s1. The molecule has 3 aliphatic rings. The van der Waals surface area contributed by atoms with Gasteiger partial charge in [-0.25, -0.2) is 9.37 Å². The SMILES string of the molecule is Cc1cn(-c2ccc(-c3ccc(N(C)C4C(F)C5CC[C@H]4CN5C)nn3)c(O)c2)cn1. The summed E-state index contributed by atoms with van der Waals surface area (Å²) in [5.41, 5.74) is 2.90. The Hall–Kier alpha value is -3.00. The number of nitrogens with zero attached hydrogens (tertiary/aromatic N) is 6. The minimum Gasteiger partial charge on any atom is -0.507 e. The molecule has 2 aromatic heterocycles. The van der Waals surface area contributed by atoms with Gasteiger partial charge in [0.25, 0.3) is 0 Å². The number of imidazole rings is 1. The average molecular weight is 423 g/mol. The van der Waals surface area contributed by atoms with Crippen LogP contribution in [0, 0.1) is 12.8 Å². The molecule has 1 aromatic carbocycles. The van der Waals surface area contributed by atoms with Gasteiger partial charge in [-0.15, -0.1) is 10.2 Å². The zero-order valence-electron chi connectivity index (χ0n) is 18.0. The maximum Gasteiger partial charge on any atom is 0.151 e. The Kier molecular flexibility index (Phi) is 4.89. The minimum atomic E-state index is -0.896. The molecule has 3 unspecified atom stereocenters. The van der Waals surface area contributed by atoms with E-state index in [1.807, 2.05) is 60.9 Å². The summed E-state index contributed by atoms with van der Waals surface area (Å²) in [7, 11) is 3.92. The van der Waals surface area contributed by atoms with Gasteiger partial charge in [0.05, 0.1) is 29.4 Å². The number of hydrogen-bond donors (Lipinski definition) is 1. The highest BCUT2D eigenvalue weighted by Crippen LogP contribution is 2.40. The van der Waals surface area contributed by atoms with E-state index < -0.39 is 6.17 Å². The predicted molar refractivity (Wildman–Crippen MR) is 117 cm³/mol. The second kappa shape index (κ2) is 7.60. The van der Waals surface area contributed by atoms with Crippen LogP contribution in [0.5, 0.6) is 5.75 Å². The largest absolute Gasteiger partial charge is 0.507 e. The monoisotopic (exact) mass is 422 g/mol. The summed E-state index contributed by atoms with van der Waals surface area (Å²) in [5, 5.41) is 19.3. The van der Waals surface area contributed by atoms with Gasteiger partial charge < -0.3 is 19.5 Å². The van der Waals surface area contributed by atoms with Crippen molar-refractivity contribution in [1.82, 2.24) is 24.6 Å². The van der Waals surface area contributed by atoms with E-state index in [4.69, 9.17) is 0 Å². The number of phenolic OH excluding ortho intramolecular Hbond substituents is 1. The van der Waals surface area contributed by atoms with Crippen molar-refractivity contribution in [1.29, 1.82) is 0 Å². The summed E-state index contributed by atoms with van der Waals surface area (Å²) in [6, 6.07) is 8.90. The van der Waals surface area contributed by atoms with Crippen LogP contribution in [-0.4, -0.2) is 68.7 Å². The lowest BCUT2D eigenvalue weighted by molar-refractivity contribution is -0.0177. The second-order valence-corrected chi connectivity index (χ2v) is 8.79. The summed E-state index contributed by atoms with van der Waals surface area (Å²) >= 11 is 0. The molecule has 2 aliphatic heterocycles. The number of phenols is 1. The topological polar surface area (TPSA) is 70.3 Å². The lowest BCUT2D eigenvalue weighted by Gasteiger charge is -2.52. The van der Waals surface area contributed by atoms with Crippen LogP contribution in [-0.2, 0) is 0 Å². The van der Waals surface area contributed by atoms with Gasteiger partial charge in [0.15, 0.2) is 5.82 Å². The van der Waals surface area contributed by atoms with Crippen LogP contribution in [0.2, 0.25) is 0 Å². The fourth-order valence-corrected chi connectivity index (χ4v) is 5.17. The van der Waals surface area contributed by atoms with Crippen LogP contribution in [0.1, 0.15) is 18.5 Å². The van der Waals surface area contributed by atoms with Crippen molar-refractivity contribution in [3.8, 4) is 22.7 Å². The van der Waals surface area contributed by atoms with Crippen LogP contribution in [0.15, 0.2) is 42.9 Å². The van der Waals surface area contributed by atoms with E-state index in [9.17, 15) is 5.11 Å². The molecule has 7 nitrogen and oxygen atoms in total. The molecule has 0 amide bonds. The Morgan fingerprint density at radius 3 is 2.61 bits per heavy atom. The molecular weight excluding hydrogens is 395 g/mol. The molecule has 1 N–H and O–H groups in total. The first kappa shape index (κ1) is 19.9. The number of rotatable bonds is 4. The van der Waals surface area contributed by atoms with E-state index in [1.54, 1.807) is 12.4 Å². The zero-order valence-corrected chi connectivity index (χ0v) is 18.0. The average Bonchev–Trinajstić information content (AvgIpc) is 3.20. The van der Waals surface area contributed by atoms with Crippen molar-refractivity contribution in [3.05, 3.63) is 48.5 Å². The van der Waals surface area contributed by atoms with Gasteiger partial charge in [-0.2, -0.15) is 0 Å². The van der Waals surface area contributed by atoms with E-state index >= 15 is 4.39 Å². The Bertz CT molecular complexity index is 1080. The molecule has 162 valence electrons. The molecule has 31 heavy (non-hydrogen) atoms. The molecular formula is C23H27FN6O. The quantitative estimate of drug-likeness (QED) is 0.696. The van der Waals surface area contributed by atoms with Gasteiger partial charge in [-0.1, -0.05) is 0 Å². The number of fused-ring (bicyclic) bond motifs is 3. The van der Waals surface area contributed by atoms with Crippen molar-refractivity contribution in [2.45, 2.75) is 38.0 Å². The maximum absolute atomic E-state index is 15.1. The summed E-state index contributed by atoms with van der Waals surface area (Å²) in [4.78, 5) is 8.30. The lowest BCUT2D eigenvalue weighted by atomic mass is 9.74. The van der Waals surface area contributed by atoms with Crippen molar-refractivity contribution < 1.29 is 9.50 Å². The van der Waals surface area contributed by atoms with E-state index in [1.165, 1.54) is 0 Å². The molecule has 8 heteroatoms. The van der Waals surface area contributed by atoms with Crippen LogP contribution in [0.4, 0.5) is 10.2 Å². The maximum atomic E-state index is 15.1. The number of benzene rings is 1. The summed E-state index contributed by atoms with van der Waals surface area (Å²) in [6.45, 7) is 2.84. The van der Waals surface area contributed by atoms with Crippen molar-refractivity contribution in [2.24, 2.45) is 5.92 Å². The Balaban J connectivity index is 1.37. The van der Waals surface area contributed by atoms with Gasteiger partial charge in [-0.3, -0.25) is 0 Å². The number of aromatic nitrogens is 4. The third-order valence-electron chi connectivity index (χ3n) is 6.82. The fourth-order valence-electron chi connectivity index (χ4n) is 5.17. The third-order valence-corrected chi connectivity index (χ3v) is 6.82. The molecule has 2 bridgehead atoms. The highest BCUT2D eigenvalue weighted by Gasteiger charge is 2.48. The minimum absolute atomic E-state index is 0.0144. The van der Waals surface area contributed by atoms with Crippen LogP contribution in [0.3, 0.4) is 0 Å².